The number of carbonyl (C=O) groups is 1. The summed E-state index contributed by atoms with van der Waals surface area (Å²) in [6, 6.07) is 0. The van der Waals surface area contributed by atoms with Crippen LogP contribution in [0.25, 0.3) is 0 Å². The number of carbonyl (C=O) groups excluding carboxylic acids is 1. The van der Waals surface area contributed by atoms with Crippen molar-refractivity contribution in [1.82, 2.24) is 10.2 Å². The number of nitrogens with zero attached hydrogens (tertiary/aromatic N) is 2. The van der Waals surface area contributed by atoms with Gasteiger partial charge in [0.15, 0.2) is 0 Å². The van der Waals surface area contributed by atoms with Crippen molar-refractivity contribution in [3.8, 4) is 0 Å². The molecule has 1 heterocycles. The fraction of sp³-hybridized carbons (Fsp3) is 0.733. The number of nitrogens with one attached hydrogen (secondary N) is 1. The number of hydrogen-bond acceptors (Lipinski definition) is 4. The molecule has 0 saturated carbocycles. The van der Waals surface area contributed by atoms with Crippen LogP contribution in [-0.2, 0) is 4.74 Å². The fourth-order valence-corrected chi connectivity index (χ4v) is 3.25. The van der Waals surface area contributed by atoms with E-state index >= 15 is 0 Å². The van der Waals surface area contributed by atoms with Gasteiger partial charge in [-0.15, -0.1) is 0 Å². The first kappa shape index (κ1) is 17.7. The summed E-state index contributed by atoms with van der Waals surface area (Å²) in [5, 5.41) is 4.60. The van der Waals surface area contributed by atoms with E-state index in [9.17, 15) is 4.79 Å². The van der Waals surface area contributed by atoms with Gasteiger partial charge in [-0.1, -0.05) is 19.6 Å². The molecule has 0 aromatic rings. The third-order valence-corrected chi connectivity index (χ3v) is 5.12. The summed E-state index contributed by atoms with van der Waals surface area (Å²) in [5.41, 5.74) is -0.468. The molecule has 0 spiro atoms. The molecule has 1 aliphatic heterocycles. The molecule has 1 unspecified atom stereocenters. The van der Waals surface area contributed by atoms with E-state index in [1.54, 1.807) is 11.1 Å². The van der Waals surface area contributed by atoms with Crippen molar-refractivity contribution in [2.45, 2.75) is 65.0 Å². The van der Waals surface area contributed by atoms with Gasteiger partial charge in [-0.25, -0.2) is 4.79 Å². The van der Waals surface area contributed by atoms with Gasteiger partial charge in [0.2, 0.25) is 0 Å². The van der Waals surface area contributed by atoms with Crippen LogP contribution in [0.15, 0.2) is 16.5 Å². The molecule has 1 aliphatic rings. The average molecular weight is 312 g/mol. The van der Waals surface area contributed by atoms with Crippen LogP contribution >= 0.6 is 0 Å². The lowest BCUT2D eigenvalue weighted by Gasteiger charge is -2.32. The van der Waals surface area contributed by atoms with Crippen molar-refractivity contribution >= 4 is 20.9 Å². The van der Waals surface area contributed by atoms with Crippen molar-refractivity contribution in [3.63, 3.8) is 0 Å². The first-order valence-corrected chi connectivity index (χ1v) is 11.0. The highest BCUT2D eigenvalue weighted by atomic mass is 28.3. The molecule has 1 amide bonds. The summed E-state index contributed by atoms with van der Waals surface area (Å²) in [5.74, 6) is 0. The summed E-state index contributed by atoms with van der Waals surface area (Å²) in [6.45, 7) is 16.7. The second-order valence-electron chi connectivity index (χ2n) is 7.45. The Hall–Kier alpha value is -1.30. The number of aliphatic imine (C=N–C) groups is 1. The lowest BCUT2D eigenvalue weighted by Crippen LogP contribution is -2.49. The molecule has 0 aromatic carbocycles. The summed E-state index contributed by atoms with van der Waals surface area (Å²) in [6.07, 6.45) is 3.44. The summed E-state index contributed by atoms with van der Waals surface area (Å²) in [4.78, 5) is 18.0. The van der Waals surface area contributed by atoms with E-state index in [4.69, 9.17) is 4.74 Å². The Morgan fingerprint density at radius 3 is 2.52 bits per heavy atom. The molecule has 0 radical (unpaired) electrons. The van der Waals surface area contributed by atoms with Crippen LogP contribution in [0.5, 0.6) is 0 Å². The lowest BCUT2D eigenvalue weighted by molar-refractivity contribution is 0.0210. The van der Waals surface area contributed by atoms with Crippen molar-refractivity contribution in [2.75, 3.05) is 6.54 Å². The zero-order valence-corrected chi connectivity index (χ0v) is 15.2. The monoisotopic (exact) mass is 311 g/mol. The van der Waals surface area contributed by atoms with Crippen LogP contribution in [0.2, 0.25) is 19.6 Å². The first-order chi connectivity index (χ1) is 9.54. The van der Waals surface area contributed by atoms with Crippen molar-refractivity contribution in [1.29, 1.82) is 0 Å². The van der Waals surface area contributed by atoms with E-state index in [1.807, 2.05) is 20.8 Å². The maximum Gasteiger partial charge on any atom is 0.411 e. The van der Waals surface area contributed by atoms with E-state index in [0.717, 1.165) is 24.7 Å². The highest BCUT2D eigenvalue weighted by molar-refractivity contribution is 6.82. The van der Waals surface area contributed by atoms with Gasteiger partial charge < -0.3 is 10.1 Å². The minimum absolute atomic E-state index is 0.0143. The Labute approximate surface area is 129 Å². The molecule has 0 aliphatic carbocycles. The molecule has 1 saturated heterocycles. The van der Waals surface area contributed by atoms with Crippen molar-refractivity contribution in [2.24, 2.45) is 4.99 Å². The molecule has 1 rings (SSSR count). The molecular weight excluding hydrogens is 282 g/mol. The molecule has 1 atom stereocenters. The maximum absolute atomic E-state index is 12.3. The molecule has 6 heteroatoms. The molecule has 120 valence electrons. The predicted molar refractivity (Wildman–Crippen MR) is 90.1 cm³/mol. The zero-order valence-electron chi connectivity index (χ0n) is 14.2. The number of rotatable bonds is 4. The number of hydrogen-bond donors (Lipinski definition) is 1. The van der Waals surface area contributed by atoms with Gasteiger partial charge in [0.1, 0.15) is 11.8 Å². The summed E-state index contributed by atoms with van der Waals surface area (Å²) < 4.78 is 5.48. The fourth-order valence-electron chi connectivity index (χ4n) is 2.17. The number of likely N-dealkylation sites (tertiary alicyclic amines) is 1. The second kappa shape index (κ2) is 6.64. The first-order valence-electron chi connectivity index (χ1n) is 7.47. The molecule has 1 N–H and O–H groups in total. The van der Waals surface area contributed by atoms with Crippen molar-refractivity contribution < 1.29 is 9.53 Å². The Balaban J connectivity index is 2.80. The topological polar surface area (TPSA) is 53.9 Å². The zero-order chi connectivity index (χ0) is 16.3. The minimum Gasteiger partial charge on any atom is -0.444 e. The third-order valence-electron chi connectivity index (χ3n) is 3.23. The third kappa shape index (κ3) is 5.53. The predicted octanol–water partition coefficient (Wildman–Crippen LogP) is 3.35. The van der Waals surface area contributed by atoms with Gasteiger partial charge in [0, 0.05) is 18.1 Å². The smallest absolute Gasteiger partial charge is 0.411 e. The summed E-state index contributed by atoms with van der Waals surface area (Å²) in [7, 11) is -1.55. The highest BCUT2D eigenvalue weighted by Gasteiger charge is 2.34. The molecule has 1 fully saturated rings. The molecule has 21 heavy (non-hydrogen) atoms. The van der Waals surface area contributed by atoms with Crippen LogP contribution in [0.1, 0.15) is 33.6 Å². The average Bonchev–Trinajstić information content (AvgIpc) is 2.73. The molecule has 5 nitrogen and oxygen atoms in total. The van der Waals surface area contributed by atoms with Crippen LogP contribution < -0.4 is 5.32 Å². The van der Waals surface area contributed by atoms with Gasteiger partial charge in [-0.3, -0.25) is 9.89 Å². The van der Waals surface area contributed by atoms with Crippen LogP contribution in [-0.4, -0.2) is 44.1 Å². The SMILES string of the molecule is C=N/C=C(\NC1CCCN1C(=O)OC(C)(C)C)[Si](C)(C)C. The Morgan fingerprint density at radius 2 is 2.05 bits per heavy atom. The number of ether oxygens (including phenoxy) is 1. The van der Waals surface area contributed by atoms with E-state index in [-0.39, 0.29) is 12.3 Å². The summed E-state index contributed by atoms with van der Waals surface area (Å²) >= 11 is 0. The maximum atomic E-state index is 12.3. The Morgan fingerprint density at radius 1 is 1.43 bits per heavy atom. The molecule has 0 aromatic heterocycles. The largest absolute Gasteiger partial charge is 0.444 e. The van der Waals surface area contributed by atoms with E-state index in [0.29, 0.717) is 0 Å². The van der Waals surface area contributed by atoms with Gasteiger partial charge >= 0.3 is 6.09 Å². The Bertz CT molecular complexity index is 422. The van der Waals surface area contributed by atoms with Crippen LogP contribution in [0.4, 0.5) is 4.79 Å². The van der Waals surface area contributed by atoms with E-state index in [2.05, 4.69) is 36.7 Å². The Kier molecular flexibility index (Phi) is 5.61. The van der Waals surface area contributed by atoms with E-state index < -0.39 is 13.7 Å². The lowest BCUT2D eigenvalue weighted by atomic mass is 10.2. The number of amides is 1. The molecule has 0 bridgehead atoms. The highest BCUT2D eigenvalue weighted by Crippen LogP contribution is 2.22. The van der Waals surface area contributed by atoms with Gasteiger partial charge in [-0.05, 0) is 40.3 Å². The quantitative estimate of drug-likeness (QED) is 0.640. The van der Waals surface area contributed by atoms with Crippen molar-refractivity contribution in [3.05, 3.63) is 11.5 Å². The standard InChI is InChI=1S/C15H29N3O2Si/c1-15(2,3)20-14(19)18-10-8-9-12(18)17-13(11-16-4)21(5,6)7/h11-12,17H,4,8-10H2,1-3,5-7H3/b13-11+. The van der Waals surface area contributed by atoms with Crippen LogP contribution in [0.3, 0.4) is 0 Å². The van der Waals surface area contributed by atoms with Crippen LogP contribution in [0, 0.1) is 0 Å². The minimum atomic E-state index is -1.55. The van der Waals surface area contributed by atoms with Gasteiger partial charge in [-0.2, -0.15) is 0 Å². The normalized spacial score (nSPS) is 20.4. The van der Waals surface area contributed by atoms with Gasteiger partial charge in [0.05, 0.1) is 8.07 Å². The second-order valence-corrected chi connectivity index (χ2v) is 12.5. The van der Waals surface area contributed by atoms with Gasteiger partial charge in [0.25, 0.3) is 0 Å². The van der Waals surface area contributed by atoms with E-state index in [1.165, 1.54) is 0 Å². The molecular formula is C15H29N3O2Si.